The fourth-order valence-electron chi connectivity index (χ4n) is 9.23. The Balaban J connectivity index is 0.000000138. The van der Waals surface area contributed by atoms with Crippen LogP contribution in [0.3, 0.4) is 0 Å². The van der Waals surface area contributed by atoms with Gasteiger partial charge in [-0.1, -0.05) is 260 Å². The van der Waals surface area contributed by atoms with Crippen LogP contribution in [0.1, 0.15) is 70.0 Å². The standard InChI is InChI=1S/C23H14N2.3C15H12O2.Eu/c1-3-9-17-15(7-1)16-8-2-4-10-18(16)23(17)19-11-5-13-24-21(19)22-20(23)12-6-14-25-22;3*16-14(12-7-3-1-4-8-12)11-15(17)13-9-5-2-6-10-13;/h1-14H;3*1-11,16H;/q;;;;+3/p-3/b;3*14-11-;. The average Bonchev–Trinajstić information content (AvgIpc) is 3.99. The zero-order valence-corrected chi connectivity index (χ0v) is 43.8. The van der Waals surface area contributed by atoms with Crippen molar-refractivity contribution in [3.05, 3.63) is 341 Å². The summed E-state index contributed by atoms with van der Waals surface area (Å²) >= 11 is 0. The Hall–Kier alpha value is -8.73. The fourth-order valence-corrected chi connectivity index (χ4v) is 9.23. The third-order valence-corrected chi connectivity index (χ3v) is 12.7. The molecule has 2 aromatic heterocycles. The summed E-state index contributed by atoms with van der Waals surface area (Å²) in [5.74, 6) is -1.59. The summed E-state index contributed by atoms with van der Waals surface area (Å²) < 4.78 is 0. The number of hydrogen-bond acceptors (Lipinski definition) is 8. The number of hydrogen-bond donors (Lipinski definition) is 0. The maximum Gasteiger partial charge on any atom is 3.00 e. The molecule has 8 nitrogen and oxygen atoms in total. The second-order valence-corrected chi connectivity index (χ2v) is 17.5. The van der Waals surface area contributed by atoms with Crippen molar-refractivity contribution in [3.63, 3.8) is 0 Å². The molecule has 0 saturated heterocycles. The molecule has 10 aromatic rings. The van der Waals surface area contributed by atoms with Gasteiger partial charge in [-0.2, -0.15) is 0 Å². The number of fused-ring (bicyclic) bond motifs is 10. The van der Waals surface area contributed by atoms with Crippen LogP contribution < -0.4 is 15.3 Å². The Bertz CT molecular complexity index is 3290. The summed E-state index contributed by atoms with van der Waals surface area (Å²) in [4.78, 5) is 44.7. The predicted octanol–water partition coefficient (Wildman–Crippen LogP) is 11.6. The van der Waals surface area contributed by atoms with Gasteiger partial charge in [0.1, 0.15) is 0 Å². The molecule has 8 aromatic carbocycles. The number of benzene rings is 8. The first-order chi connectivity index (χ1) is 37.2. The first-order valence-electron chi connectivity index (χ1n) is 24.4. The Kier molecular flexibility index (Phi) is 18.5. The van der Waals surface area contributed by atoms with Crippen molar-refractivity contribution in [2.75, 3.05) is 0 Å². The third-order valence-electron chi connectivity index (χ3n) is 12.7. The molecule has 1 spiro atoms. The molecule has 0 saturated carbocycles. The van der Waals surface area contributed by atoms with Crippen LogP contribution in [0.4, 0.5) is 0 Å². The van der Waals surface area contributed by atoms with Gasteiger partial charge in [0.15, 0.2) is 17.3 Å². The molecule has 0 N–H and O–H groups in total. The summed E-state index contributed by atoms with van der Waals surface area (Å²) in [6, 6.07) is 78.5. The zero-order valence-electron chi connectivity index (χ0n) is 41.4. The predicted molar refractivity (Wildman–Crippen MR) is 294 cm³/mol. The summed E-state index contributed by atoms with van der Waals surface area (Å²) in [6.45, 7) is 0. The van der Waals surface area contributed by atoms with E-state index in [0.717, 1.165) is 29.6 Å². The van der Waals surface area contributed by atoms with E-state index in [2.05, 4.69) is 60.7 Å². The Morgan fingerprint density at radius 3 is 0.818 bits per heavy atom. The van der Waals surface area contributed by atoms with E-state index in [4.69, 9.17) is 9.97 Å². The molecule has 0 radical (unpaired) electrons. The summed E-state index contributed by atoms with van der Waals surface area (Å²) in [5, 5.41) is 35.3. The Morgan fingerprint density at radius 2 is 0.532 bits per heavy atom. The quantitative estimate of drug-likeness (QED) is 0.0789. The van der Waals surface area contributed by atoms with Crippen molar-refractivity contribution in [1.82, 2.24) is 9.97 Å². The van der Waals surface area contributed by atoms with Gasteiger partial charge in [-0.15, -0.1) is 0 Å². The maximum atomic E-state index is 11.8. The topological polar surface area (TPSA) is 146 Å². The molecule has 0 bridgehead atoms. The first-order valence-corrected chi connectivity index (χ1v) is 24.4. The Morgan fingerprint density at radius 1 is 0.299 bits per heavy atom. The number of allylic oxidation sites excluding steroid dienone is 3. The minimum Gasteiger partial charge on any atom is -0.872 e. The van der Waals surface area contributed by atoms with E-state index in [1.807, 2.05) is 60.9 Å². The van der Waals surface area contributed by atoms with Gasteiger partial charge < -0.3 is 15.3 Å². The SMILES string of the molecule is O=C(/C=C(\[O-])c1ccccc1)c1ccccc1.O=C(/C=C(\[O-])c1ccccc1)c1ccccc1.O=C(/C=C(\[O-])c1ccccc1)c1ccccc1.[Eu+3].c1ccc2c(c1)-c1ccccc1C21c2cccnc2-c2ncccc21. The van der Waals surface area contributed by atoms with Crippen LogP contribution in [0.2, 0.25) is 0 Å². The zero-order chi connectivity index (χ0) is 52.7. The van der Waals surface area contributed by atoms with Crippen LogP contribution in [0, 0.1) is 49.4 Å². The van der Waals surface area contributed by atoms with Gasteiger partial charge in [0.25, 0.3) is 0 Å². The van der Waals surface area contributed by atoms with Crippen LogP contribution in [-0.4, -0.2) is 27.3 Å². The molecule has 0 atom stereocenters. The Labute approximate surface area is 488 Å². The van der Waals surface area contributed by atoms with E-state index in [1.54, 1.807) is 146 Å². The minimum absolute atomic E-state index is 0. The van der Waals surface area contributed by atoms with Crippen molar-refractivity contribution >= 4 is 34.6 Å². The second kappa shape index (κ2) is 26.2. The molecule has 0 amide bonds. The number of nitrogens with zero attached hydrogens (tertiary/aromatic N) is 2. The van der Waals surface area contributed by atoms with Crippen molar-refractivity contribution in [2.45, 2.75) is 5.41 Å². The van der Waals surface area contributed by atoms with Crippen molar-refractivity contribution in [2.24, 2.45) is 0 Å². The molecule has 2 aliphatic rings. The third kappa shape index (κ3) is 12.5. The molecule has 77 heavy (non-hydrogen) atoms. The summed E-state index contributed by atoms with van der Waals surface area (Å²) in [6.07, 6.45) is 7.12. The van der Waals surface area contributed by atoms with E-state index >= 15 is 0 Å². The van der Waals surface area contributed by atoms with Crippen molar-refractivity contribution in [1.29, 1.82) is 0 Å². The van der Waals surface area contributed by atoms with Crippen LogP contribution >= 0.6 is 0 Å². The number of carbonyl (C=O) groups excluding carboxylic acids is 3. The number of pyridine rings is 2. The molecule has 12 rings (SSSR count). The first kappa shape index (κ1) is 54.5. The van der Waals surface area contributed by atoms with Crippen molar-refractivity contribution in [3.8, 4) is 22.5 Å². The molecule has 0 unspecified atom stereocenters. The van der Waals surface area contributed by atoms with Gasteiger partial charge in [-0.25, -0.2) is 0 Å². The molecule has 0 fully saturated rings. The summed E-state index contributed by atoms with van der Waals surface area (Å²) in [7, 11) is 0. The molecule has 0 aliphatic heterocycles. The molecule has 2 aliphatic carbocycles. The molecule has 2 heterocycles. The van der Waals surface area contributed by atoms with Gasteiger partial charge in [0, 0.05) is 29.1 Å². The van der Waals surface area contributed by atoms with E-state index in [9.17, 15) is 29.7 Å². The summed E-state index contributed by atoms with van der Waals surface area (Å²) in [5.41, 5.74) is 12.6. The maximum absolute atomic E-state index is 11.8. The van der Waals surface area contributed by atoms with Gasteiger partial charge in [-0.3, -0.25) is 24.4 Å². The van der Waals surface area contributed by atoms with E-state index in [0.29, 0.717) is 33.4 Å². The van der Waals surface area contributed by atoms with Gasteiger partial charge in [0.2, 0.25) is 0 Å². The monoisotopic (exact) mass is 1140 g/mol. The average molecular weight is 1140 g/mol. The molecule has 372 valence electrons. The van der Waals surface area contributed by atoms with Gasteiger partial charge in [-0.05, 0) is 80.4 Å². The molecular weight excluding hydrogens is 1090 g/mol. The van der Waals surface area contributed by atoms with Crippen LogP contribution in [0.25, 0.3) is 39.8 Å². The number of rotatable bonds is 9. The van der Waals surface area contributed by atoms with E-state index in [-0.39, 0.29) is 89.4 Å². The fraction of sp³-hybridized carbons (Fsp3) is 0.0147. The largest absolute Gasteiger partial charge is 3.00 e. The van der Waals surface area contributed by atoms with E-state index in [1.165, 1.54) is 33.4 Å². The normalized spacial score (nSPS) is 12.2. The van der Waals surface area contributed by atoms with Gasteiger partial charge >= 0.3 is 49.4 Å². The number of carbonyl (C=O) groups is 3. The van der Waals surface area contributed by atoms with Crippen LogP contribution in [0.5, 0.6) is 0 Å². The van der Waals surface area contributed by atoms with Gasteiger partial charge in [0.05, 0.1) is 16.8 Å². The van der Waals surface area contributed by atoms with Crippen LogP contribution in [0.15, 0.2) is 285 Å². The molecular formula is C68H47EuN2O6. The number of ketones is 3. The van der Waals surface area contributed by atoms with E-state index < -0.39 is 0 Å². The number of aromatic nitrogens is 2. The van der Waals surface area contributed by atoms with Crippen LogP contribution in [-0.2, 0) is 5.41 Å². The smallest absolute Gasteiger partial charge is 0.872 e. The minimum atomic E-state index is -0.305. The second-order valence-electron chi connectivity index (χ2n) is 17.5. The van der Waals surface area contributed by atoms with Crippen molar-refractivity contribution < 1.29 is 79.1 Å². The molecule has 9 heteroatoms.